The Labute approximate surface area is 116 Å². The summed E-state index contributed by atoms with van der Waals surface area (Å²) in [5, 5.41) is 15.8. The van der Waals surface area contributed by atoms with Gasteiger partial charge in [0.15, 0.2) is 0 Å². The molecule has 0 radical (unpaired) electrons. The van der Waals surface area contributed by atoms with E-state index in [0.717, 1.165) is 31.2 Å². The van der Waals surface area contributed by atoms with Gasteiger partial charge in [0, 0.05) is 0 Å². The minimum Gasteiger partial charge on any atom is -0.480 e. The number of thiophene rings is 1. The van der Waals surface area contributed by atoms with Gasteiger partial charge in [-0.15, -0.1) is 0 Å². The molecule has 1 aliphatic carbocycles. The standard InChI is InChI=1S/C14H19NO3S/c16-12(8-10-6-7-19-9-10)15-13(14(17)18)11-4-2-1-3-5-11/h6-7,9,11,13H,1-5,8H2,(H,15,16)(H,17,18). The first kappa shape index (κ1) is 14.1. The molecule has 0 bridgehead atoms. The molecule has 0 aliphatic heterocycles. The van der Waals surface area contributed by atoms with E-state index in [-0.39, 0.29) is 18.2 Å². The monoisotopic (exact) mass is 281 g/mol. The van der Waals surface area contributed by atoms with Gasteiger partial charge in [-0.1, -0.05) is 19.3 Å². The number of carbonyl (C=O) groups excluding carboxylic acids is 1. The summed E-state index contributed by atoms with van der Waals surface area (Å²) in [6.07, 6.45) is 5.36. The molecular formula is C14H19NO3S. The van der Waals surface area contributed by atoms with Gasteiger partial charge in [-0.2, -0.15) is 11.3 Å². The zero-order valence-electron chi connectivity index (χ0n) is 10.8. The van der Waals surface area contributed by atoms with Crippen LogP contribution < -0.4 is 5.32 Å². The van der Waals surface area contributed by atoms with E-state index in [4.69, 9.17) is 0 Å². The number of amides is 1. The van der Waals surface area contributed by atoms with E-state index in [0.29, 0.717) is 0 Å². The van der Waals surface area contributed by atoms with Gasteiger partial charge in [0.25, 0.3) is 0 Å². The molecule has 0 spiro atoms. The Kier molecular flexibility index (Phi) is 4.96. The van der Waals surface area contributed by atoms with Gasteiger partial charge in [0.05, 0.1) is 6.42 Å². The maximum atomic E-state index is 11.9. The Bertz CT molecular complexity index is 424. The first-order chi connectivity index (χ1) is 9.16. The average molecular weight is 281 g/mol. The van der Waals surface area contributed by atoms with Crippen molar-refractivity contribution in [3.63, 3.8) is 0 Å². The highest BCUT2D eigenvalue weighted by Crippen LogP contribution is 2.26. The first-order valence-electron chi connectivity index (χ1n) is 6.70. The van der Waals surface area contributed by atoms with Crippen LogP contribution in [0.25, 0.3) is 0 Å². The van der Waals surface area contributed by atoms with Gasteiger partial charge < -0.3 is 10.4 Å². The molecule has 1 aromatic rings. The van der Waals surface area contributed by atoms with E-state index < -0.39 is 12.0 Å². The first-order valence-corrected chi connectivity index (χ1v) is 7.64. The van der Waals surface area contributed by atoms with Crippen LogP contribution in [0.3, 0.4) is 0 Å². The van der Waals surface area contributed by atoms with E-state index in [9.17, 15) is 14.7 Å². The number of hydrogen-bond donors (Lipinski definition) is 2. The summed E-state index contributed by atoms with van der Waals surface area (Å²) >= 11 is 1.54. The second-order valence-corrected chi connectivity index (χ2v) is 5.87. The highest BCUT2D eigenvalue weighted by molar-refractivity contribution is 7.07. The van der Waals surface area contributed by atoms with Crippen molar-refractivity contribution in [2.75, 3.05) is 0 Å². The topological polar surface area (TPSA) is 66.4 Å². The number of carbonyl (C=O) groups is 2. The maximum Gasteiger partial charge on any atom is 0.326 e. The molecule has 1 unspecified atom stereocenters. The van der Waals surface area contributed by atoms with Crippen LogP contribution in [0.4, 0.5) is 0 Å². The Morgan fingerprint density at radius 3 is 2.68 bits per heavy atom. The fraction of sp³-hybridized carbons (Fsp3) is 0.571. The predicted octanol–water partition coefficient (Wildman–Crippen LogP) is 2.44. The number of carboxylic acids is 1. The normalized spacial score (nSPS) is 17.9. The number of carboxylic acid groups (broad SMARTS) is 1. The Morgan fingerprint density at radius 1 is 1.37 bits per heavy atom. The zero-order chi connectivity index (χ0) is 13.7. The van der Waals surface area contributed by atoms with Crippen LogP contribution in [0.1, 0.15) is 37.7 Å². The lowest BCUT2D eigenvalue weighted by molar-refractivity contribution is -0.143. The van der Waals surface area contributed by atoms with Crippen molar-refractivity contribution in [2.45, 2.75) is 44.6 Å². The predicted molar refractivity (Wildman–Crippen MR) is 74.2 cm³/mol. The largest absolute Gasteiger partial charge is 0.480 e. The Balaban J connectivity index is 1.92. The molecule has 104 valence electrons. The Morgan fingerprint density at radius 2 is 2.11 bits per heavy atom. The SMILES string of the molecule is O=C(Cc1ccsc1)NC(C(=O)O)C1CCCCC1. The quantitative estimate of drug-likeness (QED) is 0.871. The van der Waals surface area contributed by atoms with Gasteiger partial charge in [0.1, 0.15) is 6.04 Å². The fourth-order valence-corrected chi connectivity index (χ4v) is 3.32. The Hall–Kier alpha value is -1.36. The fourth-order valence-electron chi connectivity index (χ4n) is 2.65. The lowest BCUT2D eigenvalue weighted by atomic mass is 9.84. The van der Waals surface area contributed by atoms with E-state index in [1.54, 1.807) is 0 Å². The van der Waals surface area contributed by atoms with Gasteiger partial charge >= 0.3 is 5.97 Å². The van der Waals surface area contributed by atoms with Crippen LogP contribution >= 0.6 is 11.3 Å². The molecule has 4 nitrogen and oxygen atoms in total. The highest BCUT2D eigenvalue weighted by atomic mass is 32.1. The molecule has 5 heteroatoms. The highest BCUT2D eigenvalue weighted by Gasteiger charge is 2.30. The van der Waals surface area contributed by atoms with E-state index in [1.807, 2.05) is 16.8 Å². The van der Waals surface area contributed by atoms with Crippen LogP contribution in [0.5, 0.6) is 0 Å². The van der Waals surface area contributed by atoms with Gasteiger partial charge in [-0.25, -0.2) is 4.79 Å². The van der Waals surface area contributed by atoms with Crippen LogP contribution in [-0.2, 0) is 16.0 Å². The zero-order valence-corrected chi connectivity index (χ0v) is 11.6. The molecule has 1 amide bonds. The van der Waals surface area contributed by atoms with Crippen LogP contribution in [-0.4, -0.2) is 23.0 Å². The molecule has 19 heavy (non-hydrogen) atoms. The molecule has 0 saturated heterocycles. The number of aliphatic carboxylic acids is 1. The minimum atomic E-state index is -0.912. The van der Waals surface area contributed by atoms with Gasteiger partial charge in [-0.3, -0.25) is 4.79 Å². The van der Waals surface area contributed by atoms with Crippen molar-refractivity contribution in [3.8, 4) is 0 Å². The summed E-state index contributed by atoms with van der Waals surface area (Å²) in [6.45, 7) is 0. The summed E-state index contributed by atoms with van der Waals surface area (Å²) in [5.41, 5.74) is 0.940. The lowest BCUT2D eigenvalue weighted by Crippen LogP contribution is -2.47. The molecule has 1 heterocycles. The van der Waals surface area contributed by atoms with E-state index in [2.05, 4.69) is 5.32 Å². The van der Waals surface area contributed by atoms with Gasteiger partial charge in [-0.05, 0) is 41.1 Å². The molecule has 1 saturated carbocycles. The molecule has 0 aromatic carbocycles. The second kappa shape index (κ2) is 6.70. The molecular weight excluding hydrogens is 262 g/mol. The smallest absolute Gasteiger partial charge is 0.326 e. The second-order valence-electron chi connectivity index (χ2n) is 5.09. The average Bonchev–Trinajstić information content (AvgIpc) is 2.89. The van der Waals surface area contributed by atoms with Crippen molar-refractivity contribution < 1.29 is 14.7 Å². The molecule has 1 atom stereocenters. The van der Waals surface area contributed by atoms with Crippen LogP contribution in [0.15, 0.2) is 16.8 Å². The lowest BCUT2D eigenvalue weighted by Gasteiger charge is -2.28. The summed E-state index contributed by atoms with van der Waals surface area (Å²) in [5.74, 6) is -1.03. The number of nitrogens with one attached hydrogen (secondary N) is 1. The summed E-state index contributed by atoms with van der Waals surface area (Å²) in [4.78, 5) is 23.2. The molecule has 1 fully saturated rings. The van der Waals surface area contributed by atoms with Crippen molar-refractivity contribution >= 4 is 23.2 Å². The van der Waals surface area contributed by atoms with Crippen molar-refractivity contribution in [1.29, 1.82) is 0 Å². The number of rotatable bonds is 5. The van der Waals surface area contributed by atoms with Crippen molar-refractivity contribution in [3.05, 3.63) is 22.4 Å². The molecule has 1 aromatic heterocycles. The number of hydrogen-bond acceptors (Lipinski definition) is 3. The van der Waals surface area contributed by atoms with Crippen molar-refractivity contribution in [2.24, 2.45) is 5.92 Å². The van der Waals surface area contributed by atoms with Crippen molar-refractivity contribution in [1.82, 2.24) is 5.32 Å². The molecule has 2 rings (SSSR count). The van der Waals surface area contributed by atoms with Gasteiger partial charge in [0.2, 0.25) is 5.91 Å². The third kappa shape index (κ3) is 4.06. The summed E-state index contributed by atoms with van der Waals surface area (Å²) in [7, 11) is 0. The summed E-state index contributed by atoms with van der Waals surface area (Å²) < 4.78 is 0. The van der Waals surface area contributed by atoms with E-state index >= 15 is 0 Å². The molecule has 2 N–H and O–H groups in total. The third-order valence-corrected chi connectivity index (χ3v) is 4.38. The third-order valence-electron chi connectivity index (χ3n) is 3.65. The summed E-state index contributed by atoms with van der Waals surface area (Å²) in [6, 6.07) is 1.16. The van der Waals surface area contributed by atoms with E-state index in [1.165, 1.54) is 17.8 Å². The minimum absolute atomic E-state index is 0.0812. The van der Waals surface area contributed by atoms with Crippen LogP contribution in [0, 0.1) is 5.92 Å². The van der Waals surface area contributed by atoms with Crippen LogP contribution in [0.2, 0.25) is 0 Å². The maximum absolute atomic E-state index is 11.9. The molecule has 1 aliphatic rings.